The Bertz CT molecular complexity index is 1320. The molecule has 4 rings (SSSR count). The molecule has 1 aliphatic rings. The van der Waals surface area contributed by atoms with Crippen molar-refractivity contribution in [3.63, 3.8) is 0 Å². The average molecular weight is 472 g/mol. The molecule has 32 heavy (non-hydrogen) atoms. The van der Waals surface area contributed by atoms with E-state index in [-0.39, 0.29) is 33.3 Å². The molecule has 0 fully saturated rings. The van der Waals surface area contributed by atoms with E-state index in [1.165, 1.54) is 36.4 Å². The SMILES string of the molecule is Cc1ccc(CNC(=O)CN2N=C(c3ccccc3F)c3cc(Cl)ccc3S2(=O)=O)cc1. The van der Waals surface area contributed by atoms with Crippen LogP contribution in [0.1, 0.15) is 22.3 Å². The van der Waals surface area contributed by atoms with Crippen molar-refractivity contribution < 1.29 is 17.6 Å². The highest BCUT2D eigenvalue weighted by Crippen LogP contribution is 2.31. The highest BCUT2D eigenvalue weighted by molar-refractivity contribution is 7.89. The molecule has 0 saturated heterocycles. The third-order valence-corrected chi connectivity index (χ3v) is 6.89. The minimum Gasteiger partial charge on any atom is -0.350 e. The second-order valence-corrected chi connectivity index (χ2v) is 9.56. The van der Waals surface area contributed by atoms with Gasteiger partial charge >= 0.3 is 0 Å². The molecule has 3 aromatic carbocycles. The molecule has 0 atom stereocenters. The lowest BCUT2D eigenvalue weighted by atomic mass is 10.0. The molecule has 164 valence electrons. The molecule has 0 radical (unpaired) electrons. The van der Waals surface area contributed by atoms with Crippen molar-refractivity contribution in [2.75, 3.05) is 6.54 Å². The van der Waals surface area contributed by atoms with Gasteiger partial charge in [0.15, 0.2) is 0 Å². The predicted molar refractivity (Wildman–Crippen MR) is 120 cm³/mol. The van der Waals surface area contributed by atoms with E-state index in [1.807, 2.05) is 31.2 Å². The zero-order valence-corrected chi connectivity index (χ0v) is 18.6. The average Bonchev–Trinajstić information content (AvgIpc) is 2.76. The molecule has 9 heteroatoms. The van der Waals surface area contributed by atoms with Crippen LogP contribution in [-0.4, -0.2) is 31.0 Å². The number of rotatable bonds is 5. The van der Waals surface area contributed by atoms with Gasteiger partial charge in [-0.25, -0.2) is 4.39 Å². The number of halogens is 2. The number of amides is 1. The molecule has 1 aliphatic heterocycles. The predicted octanol–water partition coefficient (Wildman–Crippen LogP) is 3.86. The third kappa shape index (κ3) is 4.37. The van der Waals surface area contributed by atoms with E-state index in [0.717, 1.165) is 11.1 Å². The Morgan fingerprint density at radius 3 is 2.50 bits per heavy atom. The molecule has 0 unspecified atom stereocenters. The number of nitrogens with one attached hydrogen (secondary N) is 1. The van der Waals surface area contributed by atoms with Gasteiger partial charge in [-0.15, -0.1) is 0 Å². The summed E-state index contributed by atoms with van der Waals surface area (Å²) >= 11 is 6.07. The molecule has 1 N–H and O–H groups in total. The topological polar surface area (TPSA) is 78.8 Å². The van der Waals surface area contributed by atoms with Gasteiger partial charge in [0.1, 0.15) is 18.1 Å². The maximum absolute atomic E-state index is 14.5. The van der Waals surface area contributed by atoms with Crippen LogP contribution in [0, 0.1) is 12.7 Å². The van der Waals surface area contributed by atoms with Crippen molar-refractivity contribution in [3.05, 3.63) is 99.8 Å². The van der Waals surface area contributed by atoms with Crippen LogP contribution in [0.3, 0.4) is 0 Å². The molecule has 1 amide bonds. The normalized spacial score (nSPS) is 14.5. The summed E-state index contributed by atoms with van der Waals surface area (Å²) in [4.78, 5) is 12.4. The fourth-order valence-electron chi connectivity index (χ4n) is 3.30. The Hall–Kier alpha value is -3.23. The first kappa shape index (κ1) is 22.0. The Labute approximate surface area is 190 Å². The summed E-state index contributed by atoms with van der Waals surface area (Å²) in [7, 11) is -4.13. The number of nitrogens with zero attached hydrogens (tertiary/aromatic N) is 2. The standard InChI is InChI=1S/C23H19ClFN3O3S/c1-15-6-8-16(9-7-15)13-26-22(29)14-28-27-23(18-4-2-3-5-20(18)25)19-12-17(24)10-11-21(19)32(28,30)31/h2-12H,13-14H2,1H3,(H,26,29). The van der Waals surface area contributed by atoms with Crippen LogP contribution < -0.4 is 5.32 Å². The minimum atomic E-state index is -4.13. The molecule has 0 aromatic heterocycles. The number of benzene rings is 3. The van der Waals surface area contributed by atoms with Crippen LogP contribution in [0.2, 0.25) is 5.02 Å². The molecule has 6 nitrogen and oxygen atoms in total. The summed E-state index contributed by atoms with van der Waals surface area (Å²) in [6.45, 7) is 1.65. The number of fused-ring (bicyclic) bond motifs is 1. The van der Waals surface area contributed by atoms with E-state index in [2.05, 4.69) is 10.4 Å². The van der Waals surface area contributed by atoms with Crippen molar-refractivity contribution in [3.8, 4) is 0 Å². The Morgan fingerprint density at radius 1 is 1.06 bits per heavy atom. The molecular formula is C23H19ClFN3O3S. The third-order valence-electron chi connectivity index (χ3n) is 4.98. The number of aryl methyl sites for hydroxylation is 1. The Kier molecular flexibility index (Phi) is 5.99. The van der Waals surface area contributed by atoms with E-state index in [0.29, 0.717) is 4.41 Å². The molecule has 0 aliphatic carbocycles. The van der Waals surface area contributed by atoms with Gasteiger partial charge in [0.05, 0.1) is 4.90 Å². The van der Waals surface area contributed by atoms with E-state index < -0.39 is 28.3 Å². The van der Waals surface area contributed by atoms with E-state index in [4.69, 9.17) is 11.6 Å². The molecule has 1 heterocycles. The highest BCUT2D eigenvalue weighted by Gasteiger charge is 2.35. The largest absolute Gasteiger partial charge is 0.350 e. The number of hydrogen-bond donors (Lipinski definition) is 1. The van der Waals surface area contributed by atoms with Crippen molar-refractivity contribution >= 4 is 33.2 Å². The maximum Gasteiger partial charge on any atom is 0.280 e. The number of hydrogen-bond acceptors (Lipinski definition) is 4. The minimum absolute atomic E-state index is 0.0850. The quantitative estimate of drug-likeness (QED) is 0.613. The van der Waals surface area contributed by atoms with Crippen molar-refractivity contribution in [1.29, 1.82) is 0 Å². The molecule has 3 aromatic rings. The van der Waals surface area contributed by atoms with E-state index in [1.54, 1.807) is 6.07 Å². The molecule has 0 bridgehead atoms. The van der Waals surface area contributed by atoms with Gasteiger partial charge in [-0.05, 0) is 42.8 Å². The summed E-state index contributed by atoms with van der Waals surface area (Å²) in [5.41, 5.74) is 2.34. The second kappa shape index (κ2) is 8.72. The van der Waals surface area contributed by atoms with Crippen LogP contribution >= 0.6 is 11.6 Å². The lowest BCUT2D eigenvalue weighted by molar-refractivity contribution is -0.121. The first-order valence-electron chi connectivity index (χ1n) is 9.74. The summed E-state index contributed by atoms with van der Waals surface area (Å²) in [6, 6.07) is 17.7. The van der Waals surface area contributed by atoms with Crippen LogP contribution in [0.5, 0.6) is 0 Å². The Balaban J connectivity index is 1.66. The summed E-state index contributed by atoms with van der Waals surface area (Å²) in [5, 5.41) is 7.13. The summed E-state index contributed by atoms with van der Waals surface area (Å²) in [6.07, 6.45) is 0. The van der Waals surface area contributed by atoms with Crippen LogP contribution in [0.25, 0.3) is 0 Å². The van der Waals surface area contributed by atoms with Gasteiger partial charge in [0, 0.05) is 22.7 Å². The number of carbonyl (C=O) groups is 1. The molecular weight excluding hydrogens is 453 g/mol. The number of sulfonamides is 1. The lowest BCUT2D eigenvalue weighted by Crippen LogP contribution is -2.40. The van der Waals surface area contributed by atoms with Gasteiger partial charge in [-0.2, -0.15) is 17.9 Å². The van der Waals surface area contributed by atoms with Crippen LogP contribution in [0.4, 0.5) is 4.39 Å². The van der Waals surface area contributed by atoms with Crippen LogP contribution in [0.15, 0.2) is 76.7 Å². The van der Waals surface area contributed by atoms with Crippen molar-refractivity contribution in [1.82, 2.24) is 9.73 Å². The zero-order valence-electron chi connectivity index (χ0n) is 17.0. The van der Waals surface area contributed by atoms with Crippen molar-refractivity contribution in [2.45, 2.75) is 18.4 Å². The summed E-state index contributed by atoms with van der Waals surface area (Å²) < 4.78 is 41.5. The van der Waals surface area contributed by atoms with Gasteiger partial charge < -0.3 is 5.32 Å². The summed E-state index contributed by atoms with van der Waals surface area (Å²) in [5.74, 6) is -1.11. The second-order valence-electron chi connectivity index (χ2n) is 7.32. The molecule has 0 spiro atoms. The fraction of sp³-hybridized carbons (Fsp3) is 0.130. The van der Waals surface area contributed by atoms with E-state index >= 15 is 0 Å². The Morgan fingerprint density at radius 2 is 1.78 bits per heavy atom. The lowest BCUT2D eigenvalue weighted by Gasteiger charge is -2.27. The zero-order chi connectivity index (χ0) is 22.9. The van der Waals surface area contributed by atoms with E-state index in [9.17, 15) is 17.6 Å². The van der Waals surface area contributed by atoms with Gasteiger partial charge in [-0.3, -0.25) is 4.79 Å². The van der Waals surface area contributed by atoms with Crippen LogP contribution in [-0.2, 0) is 21.4 Å². The first-order valence-corrected chi connectivity index (χ1v) is 11.6. The fourth-order valence-corrected chi connectivity index (χ4v) is 4.85. The molecule has 0 saturated carbocycles. The first-order chi connectivity index (χ1) is 15.3. The maximum atomic E-state index is 14.5. The number of carbonyl (C=O) groups excluding carboxylic acids is 1. The van der Waals surface area contributed by atoms with Gasteiger partial charge in [-0.1, -0.05) is 53.6 Å². The van der Waals surface area contributed by atoms with Gasteiger partial charge in [0.2, 0.25) is 5.91 Å². The smallest absolute Gasteiger partial charge is 0.280 e. The van der Waals surface area contributed by atoms with Gasteiger partial charge in [0.25, 0.3) is 10.0 Å². The number of hydrazone groups is 1. The monoisotopic (exact) mass is 471 g/mol. The highest BCUT2D eigenvalue weighted by atomic mass is 35.5. The van der Waals surface area contributed by atoms with Crippen molar-refractivity contribution in [2.24, 2.45) is 5.10 Å².